The first-order valence-corrected chi connectivity index (χ1v) is 29.5. The lowest BCUT2D eigenvalue weighted by Crippen LogP contribution is -2.14. The zero-order chi connectivity index (χ0) is 57.9. The van der Waals surface area contributed by atoms with Crippen molar-refractivity contribution < 1.29 is 8.83 Å². The van der Waals surface area contributed by atoms with Gasteiger partial charge in [0, 0.05) is 53.9 Å². The van der Waals surface area contributed by atoms with Crippen molar-refractivity contribution in [2.75, 3.05) is 0 Å². The molecule has 8 nitrogen and oxygen atoms in total. The number of furan rings is 2. The van der Waals surface area contributed by atoms with E-state index in [0.717, 1.165) is 148 Å². The molecule has 0 aliphatic rings. The van der Waals surface area contributed by atoms with Gasteiger partial charge in [0.25, 0.3) is 0 Å². The minimum Gasteiger partial charge on any atom is -0.456 e. The summed E-state index contributed by atoms with van der Waals surface area (Å²) in [5, 5.41) is 24.8. The molecule has 88 heavy (non-hydrogen) atoms. The molecule has 0 spiro atoms. The third kappa shape index (κ3) is 6.44. The van der Waals surface area contributed by atoms with Crippen molar-refractivity contribution in [3.8, 4) is 51.1 Å². The SMILES string of the molecule is [C-]#[N+]c1c(-n2c3ccccc3c3cc(-c4ccccc4)ccc32)c(-n2c3ccccc3c3ccc4oc5ccccc5c4c32)c(-n2c3ccccc3c3cc(-c4ccccc4)ccc32)c(C#N)c1-n1c2ccccc2c2ccc3oc4ccccc4c3c21. The predicted octanol–water partition coefficient (Wildman–Crippen LogP) is 21.6. The number of fused-ring (bicyclic) bond motifs is 20. The van der Waals surface area contributed by atoms with Gasteiger partial charge in [0.2, 0.25) is 5.69 Å². The number of benzene rings is 13. The van der Waals surface area contributed by atoms with E-state index in [9.17, 15) is 11.8 Å². The monoisotopic (exact) mass is 1120 g/mol. The molecule has 8 heteroatoms. The maximum Gasteiger partial charge on any atom is 0.237 e. The average Bonchev–Trinajstić information content (AvgIpc) is 1.44. The van der Waals surface area contributed by atoms with Crippen molar-refractivity contribution >= 4 is 137 Å². The Labute approximate surface area is 501 Å². The Hall–Kier alpha value is -12.4. The highest BCUT2D eigenvalue weighted by molar-refractivity contribution is 6.27. The number of hydrogen-bond acceptors (Lipinski definition) is 3. The maximum absolute atomic E-state index is 13.0. The number of hydrogen-bond donors (Lipinski definition) is 0. The fourth-order valence-corrected chi connectivity index (χ4v) is 14.8. The molecule has 0 N–H and O–H groups in total. The van der Waals surface area contributed by atoms with Crippen LogP contribution in [0.2, 0.25) is 0 Å². The Morgan fingerprint density at radius 2 is 0.670 bits per heavy atom. The van der Waals surface area contributed by atoms with E-state index in [4.69, 9.17) is 13.7 Å². The third-order valence-electron chi connectivity index (χ3n) is 18.4. The molecule has 0 aliphatic carbocycles. The molecule has 0 bridgehead atoms. The number of rotatable bonds is 6. The Bertz CT molecular complexity index is 6130. The first-order chi connectivity index (χ1) is 43.6. The first-order valence-electron chi connectivity index (χ1n) is 29.5. The first kappa shape index (κ1) is 48.1. The Kier molecular flexibility index (Phi) is 9.87. The van der Waals surface area contributed by atoms with Crippen molar-refractivity contribution in [3.63, 3.8) is 0 Å². The smallest absolute Gasteiger partial charge is 0.237 e. The lowest BCUT2D eigenvalue weighted by atomic mass is 10.0. The van der Waals surface area contributed by atoms with E-state index in [2.05, 4.69) is 249 Å². The molecule has 0 atom stereocenters. The van der Waals surface area contributed by atoms with E-state index in [1.807, 2.05) is 42.5 Å². The van der Waals surface area contributed by atoms with E-state index in [0.29, 0.717) is 39.6 Å². The van der Waals surface area contributed by atoms with Crippen molar-refractivity contribution in [1.82, 2.24) is 18.3 Å². The van der Waals surface area contributed by atoms with Gasteiger partial charge in [0.1, 0.15) is 28.4 Å². The van der Waals surface area contributed by atoms with Gasteiger partial charge >= 0.3 is 0 Å². The summed E-state index contributed by atoms with van der Waals surface area (Å²) in [6, 6.07) is 96.3. The summed E-state index contributed by atoms with van der Waals surface area (Å²) >= 11 is 0. The van der Waals surface area contributed by atoms with Gasteiger partial charge < -0.3 is 27.1 Å². The molecule has 0 saturated heterocycles. The van der Waals surface area contributed by atoms with Gasteiger partial charge in [-0.2, -0.15) is 5.26 Å². The Morgan fingerprint density at radius 3 is 1.12 bits per heavy atom. The lowest BCUT2D eigenvalue weighted by molar-refractivity contribution is 0.669. The summed E-state index contributed by atoms with van der Waals surface area (Å²) < 4.78 is 22.8. The quantitative estimate of drug-likeness (QED) is 0.156. The van der Waals surface area contributed by atoms with Gasteiger partial charge in [0.15, 0.2) is 0 Å². The number of aromatic nitrogens is 4. The molecule has 0 radical (unpaired) electrons. The van der Waals surface area contributed by atoms with E-state index < -0.39 is 0 Å². The lowest BCUT2D eigenvalue weighted by Gasteiger charge is -2.27. The van der Waals surface area contributed by atoms with E-state index >= 15 is 0 Å². The number of nitrogens with zero attached hydrogens (tertiary/aromatic N) is 6. The summed E-state index contributed by atoms with van der Waals surface area (Å²) in [7, 11) is 0. The zero-order valence-corrected chi connectivity index (χ0v) is 46.9. The van der Waals surface area contributed by atoms with Crippen LogP contribution in [-0.4, -0.2) is 18.3 Å². The van der Waals surface area contributed by atoms with Gasteiger partial charge in [-0.3, -0.25) is 0 Å². The molecular weight excluding hydrogens is 1080 g/mol. The van der Waals surface area contributed by atoms with Crippen LogP contribution in [0.25, 0.3) is 181 Å². The maximum atomic E-state index is 13.0. The molecule has 6 aromatic heterocycles. The summed E-state index contributed by atoms with van der Waals surface area (Å²) in [5.41, 5.74) is 17.2. The second-order valence-electron chi connectivity index (χ2n) is 22.8. The summed E-state index contributed by atoms with van der Waals surface area (Å²) in [6.45, 7) is 10.2. The van der Waals surface area contributed by atoms with Crippen molar-refractivity contribution in [1.29, 1.82) is 5.26 Å². The van der Waals surface area contributed by atoms with Gasteiger partial charge in [-0.1, -0.05) is 182 Å². The van der Waals surface area contributed by atoms with Crippen LogP contribution in [-0.2, 0) is 0 Å². The van der Waals surface area contributed by atoms with Crippen molar-refractivity contribution in [2.45, 2.75) is 0 Å². The van der Waals surface area contributed by atoms with Crippen molar-refractivity contribution in [2.24, 2.45) is 0 Å². The van der Waals surface area contributed by atoms with Crippen LogP contribution in [0.5, 0.6) is 0 Å². The number of para-hydroxylation sites is 6. The topological polar surface area (TPSA) is 74.2 Å². The summed E-state index contributed by atoms with van der Waals surface area (Å²) in [6.07, 6.45) is 0. The minimum atomic E-state index is 0.292. The van der Waals surface area contributed by atoms with Crippen LogP contribution >= 0.6 is 0 Å². The average molecular weight is 1120 g/mol. The zero-order valence-electron chi connectivity index (χ0n) is 46.9. The fraction of sp³-hybridized carbons (Fsp3) is 0. The Morgan fingerprint density at radius 1 is 0.295 bits per heavy atom. The number of nitriles is 1. The molecule has 0 fully saturated rings. The molecule has 6 heterocycles. The fourth-order valence-electron chi connectivity index (χ4n) is 14.8. The molecular formula is C80H44N6O2. The second-order valence-corrected chi connectivity index (χ2v) is 22.8. The van der Waals surface area contributed by atoms with Crippen LogP contribution in [0.1, 0.15) is 5.56 Å². The second kappa shape index (κ2) is 18.1. The summed E-state index contributed by atoms with van der Waals surface area (Å²) in [5.74, 6) is 0. The summed E-state index contributed by atoms with van der Waals surface area (Å²) in [4.78, 5) is 4.93. The normalized spacial score (nSPS) is 12.1. The highest BCUT2D eigenvalue weighted by atomic mass is 16.3. The molecule has 0 aliphatic heterocycles. The van der Waals surface area contributed by atoms with Gasteiger partial charge in [0.05, 0.1) is 89.8 Å². The van der Waals surface area contributed by atoms with Crippen LogP contribution in [0.15, 0.2) is 276 Å². The van der Waals surface area contributed by atoms with Crippen LogP contribution in [0.4, 0.5) is 5.69 Å². The molecule has 19 aromatic rings. The van der Waals surface area contributed by atoms with Gasteiger partial charge in [-0.25, -0.2) is 4.85 Å². The molecule has 0 unspecified atom stereocenters. The standard InChI is InChI=1S/C80H44N6O2/c1-82-74-77(85-64-32-16-8-24-51(64)55-38-42-70-72(75(55)85)57-28-12-18-34-68(57)87-70)61(46-81)78(83-62-30-14-10-26-53(62)59-44-49(36-40-66(59)83)47-20-4-2-5-21-47)80(79(74)84-63-31-15-11-27-54(63)60-45-50(37-41-67(60)84)48-22-6-3-7-23-48)86-65-33-17-9-25-52(65)56-39-43-71-73(76(56)86)58-29-13-19-35-69(58)88-71/h2-45H. The van der Waals surface area contributed by atoms with Crippen LogP contribution in [0, 0.1) is 17.9 Å². The van der Waals surface area contributed by atoms with Crippen LogP contribution < -0.4 is 0 Å². The molecule has 0 amide bonds. The van der Waals surface area contributed by atoms with E-state index in [1.54, 1.807) is 0 Å². The molecule has 406 valence electrons. The molecule has 19 rings (SSSR count). The largest absolute Gasteiger partial charge is 0.456 e. The van der Waals surface area contributed by atoms with Crippen LogP contribution in [0.3, 0.4) is 0 Å². The molecule has 0 saturated carbocycles. The highest BCUT2D eigenvalue weighted by Gasteiger charge is 2.36. The van der Waals surface area contributed by atoms with E-state index in [-0.39, 0.29) is 0 Å². The van der Waals surface area contributed by atoms with Crippen molar-refractivity contribution in [3.05, 3.63) is 284 Å². The minimum absolute atomic E-state index is 0.292. The van der Waals surface area contributed by atoms with Gasteiger partial charge in [-0.05, 0) is 107 Å². The van der Waals surface area contributed by atoms with E-state index in [1.165, 1.54) is 0 Å². The Balaban J connectivity index is 1.12. The van der Waals surface area contributed by atoms with Gasteiger partial charge in [-0.15, -0.1) is 0 Å². The highest BCUT2D eigenvalue weighted by Crippen LogP contribution is 2.54. The molecule has 13 aromatic carbocycles. The third-order valence-corrected chi connectivity index (χ3v) is 18.4. The predicted molar refractivity (Wildman–Crippen MR) is 360 cm³/mol.